The van der Waals surface area contributed by atoms with Crippen molar-refractivity contribution in [3.63, 3.8) is 0 Å². The minimum Gasteiger partial charge on any atom is -0.568 e. The quantitative estimate of drug-likeness (QED) is 0.424. The average Bonchev–Trinajstić information content (AvgIpc) is 3.09. The first-order valence-electron chi connectivity index (χ1n) is 6.94. The smallest absolute Gasteiger partial charge is 0.0510 e. The third-order valence-electron chi connectivity index (χ3n) is 2.99. The van der Waals surface area contributed by atoms with Crippen LogP contribution in [0.25, 0.3) is 17.1 Å². The molecule has 25 heavy (non-hydrogen) atoms. The number of benzene rings is 1. The molecule has 9 heteroatoms. The van der Waals surface area contributed by atoms with Gasteiger partial charge in [0.1, 0.15) is 0 Å². The van der Waals surface area contributed by atoms with Gasteiger partial charge in [-0.05, 0) is 17.8 Å². The maximum atomic E-state index is 13.5. The van der Waals surface area contributed by atoms with E-state index in [0.717, 1.165) is 17.8 Å². The van der Waals surface area contributed by atoms with Gasteiger partial charge in [0, 0.05) is 63.9 Å². The Kier molecular flexibility index (Phi) is 8.13. The molecule has 1 aromatic carbocycles. The van der Waals surface area contributed by atoms with Gasteiger partial charge >= 0.3 is 0 Å². The van der Waals surface area contributed by atoms with E-state index in [-0.39, 0.29) is 25.7 Å². The van der Waals surface area contributed by atoms with Crippen LogP contribution in [-0.4, -0.2) is 29.0 Å². The summed E-state index contributed by atoms with van der Waals surface area (Å²) in [6.45, 7) is 0. The Hall–Kier alpha value is -2.35. The number of anilines is 1. The summed E-state index contributed by atoms with van der Waals surface area (Å²) >= 11 is 0. The van der Waals surface area contributed by atoms with E-state index in [1.54, 1.807) is 30.7 Å². The molecule has 6 nitrogen and oxygen atoms in total. The first kappa shape index (κ1) is 20.7. The van der Waals surface area contributed by atoms with Gasteiger partial charge in [-0.1, -0.05) is 17.7 Å². The predicted octanol–water partition coefficient (Wildman–Crippen LogP) is 3.28. The summed E-state index contributed by atoms with van der Waals surface area (Å²) in [5, 5.41) is 3.65. The van der Waals surface area contributed by atoms with Crippen LogP contribution >= 0.6 is 0 Å². The van der Waals surface area contributed by atoms with Crippen LogP contribution in [0, 0.1) is 17.7 Å². The summed E-state index contributed by atoms with van der Waals surface area (Å²) in [5.41, 5.74) is 3.57. The summed E-state index contributed by atoms with van der Waals surface area (Å²) in [6.07, 6.45) is 4.83. The molecule has 2 heterocycles. The Bertz CT molecular complexity index is 780. The normalized spacial score (nSPS) is 9.48. The van der Waals surface area contributed by atoms with E-state index in [9.17, 15) is 8.78 Å². The number of hydrogen-bond acceptors (Lipinski definition) is 4. The molecule has 0 bridgehead atoms. The maximum absolute atomic E-state index is 13.5. The first-order valence-corrected chi connectivity index (χ1v) is 6.94. The maximum Gasteiger partial charge on any atom is 0.0510 e. The van der Waals surface area contributed by atoms with E-state index in [0.29, 0.717) is 5.69 Å². The van der Waals surface area contributed by atoms with E-state index < -0.39 is 11.6 Å². The molecule has 0 saturated heterocycles. The zero-order valence-electron chi connectivity index (χ0n) is 13.5. The topological polar surface area (TPSA) is 69.8 Å². The molecule has 0 unspecified atom stereocenters. The fraction of sp³-hybridized carbons (Fsp3) is 0.125. The number of aromatic nitrogens is 3. The third-order valence-corrected chi connectivity index (χ3v) is 2.99. The minimum atomic E-state index is -0.659. The number of halogens is 2. The van der Waals surface area contributed by atoms with Crippen molar-refractivity contribution in [1.29, 1.82) is 0 Å². The molecule has 135 valence electrons. The van der Waals surface area contributed by atoms with Crippen molar-refractivity contribution >= 4 is 5.69 Å². The second-order valence-electron chi connectivity index (χ2n) is 4.90. The van der Waals surface area contributed by atoms with Gasteiger partial charge in [-0.25, -0.2) is 4.79 Å². The van der Waals surface area contributed by atoms with Crippen LogP contribution in [-0.2, 0) is 20.1 Å². The number of rotatable bonds is 3. The van der Waals surface area contributed by atoms with Crippen molar-refractivity contribution in [3.05, 3.63) is 72.5 Å². The second-order valence-corrected chi connectivity index (χ2v) is 4.90. The number of nitrogens with zero attached hydrogens (tertiary/aromatic N) is 4. The van der Waals surface area contributed by atoms with Gasteiger partial charge in [-0.15, -0.1) is 12.1 Å². The monoisotopic (exact) mass is 523 g/mol. The SMILES string of the molecule is CN(C)c1ccnc(-c2[c-]cc(F)cc2F)c1.[Ir].[NH-]Nn1cccn1. The summed E-state index contributed by atoms with van der Waals surface area (Å²) in [5.74, 6) is 5.21. The fourth-order valence-corrected chi connectivity index (χ4v) is 1.81. The average molecular weight is 523 g/mol. The Balaban J connectivity index is 0.000000330. The zero-order chi connectivity index (χ0) is 17.5. The largest absolute Gasteiger partial charge is 0.568 e. The van der Waals surface area contributed by atoms with Crippen LogP contribution < -0.4 is 10.4 Å². The molecule has 0 aliphatic carbocycles. The van der Waals surface area contributed by atoms with Gasteiger partial charge in [0.25, 0.3) is 0 Å². The standard InChI is InChI=1S/C13H11F2N2.C3H5N4.Ir/c1-17(2)10-5-6-16-13(8-10)11-4-3-9(14)7-12(11)15;4-6-7-3-1-2-5-7;/h3,5-8H,1-2H3;1-4,6H;/q2*-1;. The van der Waals surface area contributed by atoms with Gasteiger partial charge in [-0.2, -0.15) is 5.10 Å². The molecule has 0 fully saturated rings. The Labute approximate surface area is 158 Å². The molecular weight excluding hydrogens is 506 g/mol. The molecule has 0 amide bonds. The third kappa shape index (κ3) is 5.90. The van der Waals surface area contributed by atoms with Crippen LogP contribution in [0.2, 0.25) is 0 Å². The molecule has 0 saturated carbocycles. The molecule has 2 aromatic heterocycles. The molecule has 0 spiro atoms. The van der Waals surface area contributed by atoms with E-state index in [1.807, 2.05) is 25.1 Å². The number of pyridine rings is 1. The first-order chi connectivity index (χ1) is 11.5. The second kappa shape index (κ2) is 9.83. The van der Waals surface area contributed by atoms with Crippen molar-refractivity contribution < 1.29 is 28.9 Å². The van der Waals surface area contributed by atoms with Crippen molar-refractivity contribution in [3.8, 4) is 11.3 Å². The number of nitrogens with one attached hydrogen (secondary N) is 2. The molecule has 0 aliphatic heterocycles. The summed E-state index contributed by atoms with van der Waals surface area (Å²) in [6, 6.07) is 9.76. The van der Waals surface area contributed by atoms with Crippen molar-refractivity contribution in [2.24, 2.45) is 0 Å². The van der Waals surface area contributed by atoms with E-state index in [1.165, 1.54) is 4.79 Å². The van der Waals surface area contributed by atoms with Crippen LogP contribution in [0.15, 0.2) is 48.9 Å². The Morgan fingerprint density at radius 1 is 1.24 bits per heavy atom. The number of hydrogen-bond donors (Lipinski definition) is 1. The van der Waals surface area contributed by atoms with Crippen molar-refractivity contribution in [2.45, 2.75) is 0 Å². The zero-order valence-corrected chi connectivity index (χ0v) is 15.9. The molecular formula is C16H16F2IrN6-2. The van der Waals surface area contributed by atoms with Crippen LogP contribution in [0.1, 0.15) is 0 Å². The fourth-order valence-electron chi connectivity index (χ4n) is 1.81. The molecule has 3 rings (SSSR count). The molecule has 2 N–H and O–H groups in total. The summed E-state index contributed by atoms with van der Waals surface area (Å²) in [4.78, 5) is 7.24. The van der Waals surface area contributed by atoms with Gasteiger partial charge in [-0.3, -0.25) is 8.78 Å². The van der Waals surface area contributed by atoms with Gasteiger partial charge < -0.3 is 21.3 Å². The Morgan fingerprint density at radius 3 is 2.52 bits per heavy atom. The van der Waals surface area contributed by atoms with Crippen LogP contribution in [0.3, 0.4) is 0 Å². The summed E-state index contributed by atoms with van der Waals surface area (Å²) < 4.78 is 26.3. The van der Waals surface area contributed by atoms with E-state index in [4.69, 9.17) is 5.84 Å². The summed E-state index contributed by atoms with van der Waals surface area (Å²) in [7, 11) is 3.76. The van der Waals surface area contributed by atoms with Gasteiger partial charge in [0.05, 0.1) is 6.20 Å². The van der Waals surface area contributed by atoms with Gasteiger partial charge in [0.15, 0.2) is 0 Å². The molecule has 1 radical (unpaired) electrons. The van der Waals surface area contributed by atoms with Crippen LogP contribution in [0.4, 0.5) is 14.5 Å². The predicted molar refractivity (Wildman–Crippen MR) is 88.7 cm³/mol. The van der Waals surface area contributed by atoms with E-state index in [2.05, 4.69) is 21.7 Å². The molecule has 0 atom stereocenters. The van der Waals surface area contributed by atoms with Gasteiger partial charge in [0.2, 0.25) is 0 Å². The van der Waals surface area contributed by atoms with Crippen LogP contribution in [0.5, 0.6) is 0 Å². The van der Waals surface area contributed by atoms with Crippen molar-refractivity contribution in [2.75, 3.05) is 24.5 Å². The van der Waals surface area contributed by atoms with Crippen molar-refractivity contribution in [1.82, 2.24) is 14.9 Å². The van der Waals surface area contributed by atoms with E-state index >= 15 is 0 Å². The molecule has 3 aromatic rings. The minimum absolute atomic E-state index is 0. The Morgan fingerprint density at radius 2 is 2.00 bits per heavy atom. The molecule has 0 aliphatic rings.